The van der Waals surface area contributed by atoms with E-state index >= 15 is 0 Å². The second kappa shape index (κ2) is 10.8. The summed E-state index contributed by atoms with van der Waals surface area (Å²) in [7, 11) is 0. The van der Waals surface area contributed by atoms with E-state index in [0.717, 1.165) is 22.3 Å². The van der Waals surface area contributed by atoms with Crippen LogP contribution in [0.4, 0.5) is 4.79 Å². The number of carboxylic acid groups (broad SMARTS) is 1. The Bertz CT molecular complexity index is 1180. The number of carbonyl (C=O) groups is 3. The van der Waals surface area contributed by atoms with Crippen molar-refractivity contribution in [1.29, 1.82) is 0 Å². The highest BCUT2D eigenvalue weighted by atomic mass is 16.5. The van der Waals surface area contributed by atoms with E-state index in [4.69, 9.17) is 9.84 Å². The third-order valence-electron chi connectivity index (χ3n) is 6.08. The summed E-state index contributed by atoms with van der Waals surface area (Å²) in [5, 5.41) is 22.0. The van der Waals surface area contributed by atoms with Crippen LogP contribution in [0, 0.1) is 5.92 Å². The van der Waals surface area contributed by atoms with Gasteiger partial charge in [-0.2, -0.15) is 0 Å². The molecule has 1 aliphatic rings. The van der Waals surface area contributed by atoms with Gasteiger partial charge in [-0.25, -0.2) is 9.48 Å². The average molecular weight is 478 g/mol. The molecule has 1 unspecified atom stereocenters. The van der Waals surface area contributed by atoms with Gasteiger partial charge in [-0.3, -0.25) is 9.59 Å². The van der Waals surface area contributed by atoms with Gasteiger partial charge in [0.2, 0.25) is 0 Å². The Kier molecular flexibility index (Phi) is 7.39. The molecule has 4 rings (SSSR count). The maximum Gasteiger partial charge on any atom is 0.407 e. The van der Waals surface area contributed by atoms with Gasteiger partial charge in [0.25, 0.3) is 5.91 Å². The minimum Gasteiger partial charge on any atom is -0.481 e. The molecule has 0 saturated carbocycles. The third kappa shape index (κ3) is 5.48. The van der Waals surface area contributed by atoms with Gasteiger partial charge < -0.3 is 20.5 Å². The maximum atomic E-state index is 12.3. The molecule has 0 aliphatic heterocycles. The van der Waals surface area contributed by atoms with Crippen molar-refractivity contribution in [3.63, 3.8) is 0 Å². The van der Waals surface area contributed by atoms with E-state index in [1.165, 1.54) is 10.9 Å². The summed E-state index contributed by atoms with van der Waals surface area (Å²) in [6.45, 7) is 2.50. The summed E-state index contributed by atoms with van der Waals surface area (Å²) in [6.07, 6.45) is 1.31. The maximum absolute atomic E-state index is 12.3. The molecule has 35 heavy (non-hydrogen) atoms. The number of ether oxygens (including phenoxy) is 1. The Balaban J connectivity index is 1.23. The van der Waals surface area contributed by atoms with Crippen LogP contribution in [-0.4, -0.2) is 57.8 Å². The molecular formula is C25H27N5O5. The Morgan fingerprint density at radius 1 is 1.06 bits per heavy atom. The number of aromatic nitrogens is 3. The molecule has 10 nitrogen and oxygen atoms in total. The van der Waals surface area contributed by atoms with Crippen molar-refractivity contribution < 1.29 is 24.2 Å². The van der Waals surface area contributed by atoms with E-state index in [9.17, 15) is 14.4 Å². The number of carboxylic acids is 1. The van der Waals surface area contributed by atoms with Crippen LogP contribution in [0.2, 0.25) is 0 Å². The van der Waals surface area contributed by atoms with Crippen molar-refractivity contribution >= 4 is 18.0 Å². The fraction of sp³-hybridized carbons (Fsp3) is 0.320. The summed E-state index contributed by atoms with van der Waals surface area (Å²) < 4.78 is 6.92. The number of hydrogen-bond acceptors (Lipinski definition) is 6. The Morgan fingerprint density at radius 3 is 2.34 bits per heavy atom. The molecule has 1 aliphatic carbocycles. The van der Waals surface area contributed by atoms with Gasteiger partial charge in [0.05, 0.1) is 18.7 Å². The largest absolute Gasteiger partial charge is 0.481 e. The minimum atomic E-state index is -0.962. The van der Waals surface area contributed by atoms with Crippen LogP contribution in [-0.2, 0) is 16.1 Å². The molecule has 1 atom stereocenters. The molecule has 0 saturated heterocycles. The molecule has 0 radical (unpaired) electrons. The number of carbonyl (C=O) groups excluding carboxylic acids is 2. The summed E-state index contributed by atoms with van der Waals surface area (Å²) in [5.74, 6) is -2.13. The van der Waals surface area contributed by atoms with Gasteiger partial charge in [-0.1, -0.05) is 60.7 Å². The Hall–Kier alpha value is -4.21. The smallest absolute Gasteiger partial charge is 0.407 e. The first-order chi connectivity index (χ1) is 17.0. The number of aliphatic carboxylic acids is 1. The van der Waals surface area contributed by atoms with Crippen molar-refractivity contribution in [1.82, 2.24) is 25.6 Å². The first-order valence-electron chi connectivity index (χ1n) is 11.5. The lowest BCUT2D eigenvalue weighted by Crippen LogP contribution is -2.32. The fourth-order valence-corrected chi connectivity index (χ4v) is 4.15. The van der Waals surface area contributed by atoms with Crippen LogP contribution in [0.3, 0.4) is 0 Å². The first kappa shape index (κ1) is 23.9. The number of nitrogens with one attached hydrogen (secondary N) is 2. The zero-order chi connectivity index (χ0) is 24.8. The number of hydrogen-bond donors (Lipinski definition) is 3. The standard InChI is InChI=1S/C25H27N5O5/c1-2-16(24(32)33)13-27-23(31)22-14-30(29-28-22)12-11-26-25(34)35-15-21-19-9-5-3-7-17(19)18-8-4-6-10-20(18)21/h3-10,14,16,21H,2,11-13,15H2,1H3,(H,26,34)(H,27,31)(H,32,33). The Labute approximate surface area is 202 Å². The third-order valence-corrected chi connectivity index (χ3v) is 6.08. The lowest BCUT2D eigenvalue weighted by Gasteiger charge is -2.14. The summed E-state index contributed by atoms with van der Waals surface area (Å²) in [5.41, 5.74) is 4.69. The predicted molar refractivity (Wildman–Crippen MR) is 127 cm³/mol. The number of alkyl carbamates (subject to hydrolysis) is 1. The topological polar surface area (TPSA) is 135 Å². The predicted octanol–water partition coefficient (Wildman–Crippen LogP) is 2.66. The molecule has 1 aromatic heterocycles. The second-order valence-electron chi connectivity index (χ2n) is 8.27. The monoisotopic (exact) mass is 477 g/mol. The average Bonchev–Trinajstić information content (AvgIpc) is 3.46. The molecule has 2 amide bonds. The Morgan fingerprint density at radius 2 is 1.71 bits per heavy atom. The van der Waals surface area contributed by atoms with E-state index in [1.54, 1.807) is 6.92 Å². The van der Waals surface area contributed by atoms with Crippen molar-refractivity contribution in [3.8, 4) is 11.1 Å². The fourth-order valence-electron chi connectivity index (χ4n) is 4.15. The highest BCUT2D eigenvalue weighted by Crippen LogP contribution is 2.44. The summed E-state index contributed by atoms with van der Waals surface area (Å²) >= 11 is 0. The first-order valence-corrected chi connectivity index (χ1v) is 11.5. The van der Waals surface area contributed by atoms with Crippen molar-refractivity contribution in [2.75, 3.05) is 19.7 Å². The van der Waals surface area contributed by atoms with Gasteiger partial charge in [-0.15, -0.1) is 5.10 Å². The normalized spacial score (nSPS) is 12.9. The van der Waals surface area contributed by atoms with Crippen LogP contribution in [0.25, 0.3) is 11.1 Å². The summed E-state index contributed by atoms with van der Waals surface area (Å²) in [6, 6.07) is 16.3. The van der Waals surface area contributed by atoms with E-state index < -0.39 is 23.9 Å². The second-order valence-corrected chi connectivity index (χ2v) is 8.27. The molecule has 182 valence electrons. The van der Waals surface area contributed by atoms with Crippen molar-refractivity contribution in [3.05, 3.63) is 71.5 Å². The lowest BCUT2D eigenvalue weighted by atomic mass is 9.98. The highest BCUT2D eigenvalue weighted by Gasteiger charge is 2.29. The van der Waals surface area contributed by atoms with Gasteiger partial charge >= 0.3 is 12.1 Å². The molecular weight excluding hydrogens is 450 g/mol. The van der Waals surface area contributed by atoms with Gasteiger partial charge in [0.1, 0.15) is 6.61 Å². The SMILES string of the molecule is CCC(CNC(=O)c1cn(CCNC(=O)OCC2c3ccccc3-c3ccccc32)nn1)C(=O)O. The molecule has 0 spiro atoms. The zero-order valence-corrected chi connectivity index (χ0v) is 19.3. The van der Waals surface area contributed by atoms with Crippen LogP contribution >= 0.6 is 0 Å². The van der Waals surface area contributed by atoms with Crippen LogP contribution in [0.15, 0.2) is 54.7 Å². The molecule has 1 heterocycles. The van der Waals surface area contributed by atoms with E-state index in [2.05, 4.69) is 45.2 Å². The summed E-state index contributed by atoms with van der Waals surface area (Å²) in [4.78, 5) is 35.5. The number of fused-ring (bicyclic) bond motifs is 3. The zero-order valence-electron chi connectivity index (χ0n) is 19.3. The molecule has 2 aromatic carbocycles. The van der Waals surface area contributed by atoms with Crippen LogP contribution in [0.5, 0.6) is 0 Å². The van der Waals surface area contributed by atoms with E-state index in [1.807, 2.05) is 24.3 Å². The number of benzene rings is 2. The molecule has 0 bridgehead atoms. The van der Waals surface area contributed by atoms with Crippen LogP contribution < -0.4 is 10.6 Å². The molecule has 10 heteroatoms. The van der Waals surface area contributed by atoms with E-state index in [-0.39, 0.29) is 37.9 Å². The number of nitrogens with zero attached hydrogens (tertiary/aromatic N) is 3. The quantitative estimate of drug-likeness (QED) is 0.408. The van der Waals surface area contributed by atoms with Gasteiger partial charge in [0, 0.05) is 19.0 Å². The number of rotatable bonds is 10. The minimum absolute atomic E-state index is 0.0147. The highest BCUT2D eigenvalue weighted by molar-refractivity contribution is 5.92. The van der Waals surface area contributed by atoms with E-state index in [0.29, 0.717) is 6.42 Å². The van der Waals surface area contributed by atoms with Gasteiger partial charge in [0.15, 0.2) is 5.69 Å². The van der Waals surface area contributed by atoms with Crippen molar-refractivity contribution in [2.24, 2.45) is 5.92 Å². The molecule has 3 N–H and O–H groups in total. The molecule has 3 aromatic rings. The van der Waals surface area contributed by atoms with Crippen LogP contribution in [0.1, 0.15) is 40.9 Å². The number of amides is 2. The lowest BCUT2D eigenvalue weighted by molar-refractivity contribution is -0.141. The van der Waals surface area contributed by atoms with Gasteiger partial charge in [-0.05, 0) is 28.7 Å². The van der Waals surface area contributed by atoms with Crippen molar-refractivity contribution in [2.45, 2.75) is 25.8 Å². The molecule has 0 fully saturated rings.